The molecule has 19 heavy (non-hydrogen) atoms. The van der Waals surface area contributed by atoms with Crippen LogP contribution in [0.25, 0.3) is 0 Å². The Kier molecular flexibility index (Phi) is 3.66. The molecule has 0 unspecified atom stereocenters. The molecule has 0 saturated carbocycles. The smallest absolute Gasteiger partial charge is 0.148 e. The maximum atomic E-state index is 5.40. The Morgan fingerprint density at radius 1 is 1.21 bits per heavy atom. The number of anilines is 2. The Morgan fingerprint density at radius 2 is 1.89 bits per heavy atom. The van der Waals surface area contributed by atoms with E-state index in [2.05, 4.69) is 32.7 Å². The molecule has 0 aliphatic carbocycles. The van der Waals surface area contributed by atoms with Gasteiger partial charge in [0.2, 0.25) is 0 Å². The Morgan fingerprint density at radius 3 is 2.47 bits per heavy atom. The van der Waals surface area contributed by atoms with Gasteiger partial charge < -0.3 is 10.7 Å². The van der Waals surface area contributed by atoms with Crippen molar-refractivity contribution in [1.82, 2.24) is 19.7 Å². The van der Waals surface area contributed by atoms with Gasteiger partial charge in [-0.05, 0) is 20.8 Å². The van der Waals surface area contributed by atoms with E-state index in [0.29, 0.717) is 12.4 Å². The van der Waals surface area contributed by atoms with E-state index in [-0.39, 0.29) is 0 Å². The number of rotatable bonds is 4. The highest BCUT2D eigenvalue weighted by atomic mass is 15.3. The van der Waals surface area contributed by atoms with Gasteiger partial charge in [-0.15, -0.1) is 0 Å². The fourth-order valence-corrected chi connectivity index (χ4v) is 2.02. The number of nitrogens with two attached hydrogens (primary N) is 1. The lowest BCUT2D eigenvalue weighted by Crippen LogP contribution is -2.13. The summed E-state index contributed by atoms with van der Waals surface area (Å²) in [6.45, 7) is 6.65. The lowest BCUT2D eigenvalue weighted by molar-refractivity contribution is 0.730. The minimum absolute atomic E-state index is 0.622. The molecule has 0 aromatic carbocycles. The molecule has 4 N–H and O–H groups in total. The van der Waals surface area contributed by atoms with Gasteiger partial charge in [-0.25, -0.2) is 15.8 Å². The van der Waals surface area contributed by atoms with Gasteiger partial charge in [-0.2, -0.15) is 5.10 Å². The Labute approximate surface area is 112 Å². The van der Waals surface area contributed by atoms with Gasteiger partial charge in [-0.3, -0.25) is 4.68 Å². The fraction of sp³-hybridized carbons (Fsp3) is 0.417. The third-order valence-corrected chi connectivity index (χ3v) is 3.31. The van der Waals surface area contributed by atoms with Crippen LogP contribution in [0.15, 0.2) is 6.33 Å². The van der Waals surface area contributed by atoms with Crippen molar-refractivity contribution in [2.24, 2.45) is 12.9 Å². The average Bonchev–Trinajstić information content (AvgIpc) is 2.63. The van der Waals surface area contributed by atoms with Gasteiger partial charge in [0, 0.05) is 30.4 Å². The topological polar surface area (TPSA) is 93.7 Å². The third kappa shape index (κ3) is 2.50. The first-order valence-corrected chi connectivity index (χ1v) is 6.05. The first-order valence-electron chi connectivity index (χ1n) is 6.05. The molecule has 0 radical (unpaired) electrons. The van der Waals surface area contributed by atoms with Gasteiger partial charge >= 0.3 is 0 Å². The van der Waals surface area contributed by atoms with Crippen molar-refractivity contribution in [3.8, 4) is 0 Å². The summed E-state index contributed by atoms with van der Waals surface area (Å²) in [5.41, 5.74) is 6.80. The van der Waals surface area contributed by atoms with Crippen LogP contribution in [-0.2, 0) is 13.6 Å². The van der Waals surface area contributed by atoms with Crippen LogP contribution in [0.2, 0.25) is 0 Å². The minimum atomic E-state index is 0.622. The van der Waals surface area contributed by atoms with E-state index in [1.165, 1.54) is 11.9 Å². The first-order chi connectivity index (χ1) is 9.04. The largest absolute Gasteiger partial charge is 0.365 e. The molecule has 2 aromatic rings. The van der Waals surface area contributed by atoms with Crippen LogP contribution in [0.3, 0.4) is 0 Å². The van der Waals surface area contributed by atoms with Crippen molar-refractivity contribution >= 4 is 11.6 Å². The monoisotopic (exact) mass is 261 g/mol. The van der Waals surface area contributed by atoms with E-state index in [1.807, 2.05) is 25.6 Å². The standard InChI is InChI=1S/C12H19N7/c1-7-11(15-6-16-12(7)17-13)14-5-10-8(2)18-19(4)9(10)3/h6H,5,13H2,1-4H3,(H2,14,15,16,17). The summed E-state index contributed by atoms with van der Waals surface area (Å²) >= 11 is 0. The molecular formula is C12H19N7. The van der Waals surface area contributed by atoms with Crippen molar-refractivity contribution in [3.05, 3.63) is 28.8 Å². The van der Waals surface area contributed by atoms with E-state index in [9.17, 15) is 0 Å². The second kappa shape index (κ2) is 5.23. The van der Waals surface area contributed by atoms with E-state index in [1.54, 1.807) is 0 Å². The van der Waals surface area contributed by atoms with Crippen molar-refractivity contribution in [2.75, 3.05) is 10.7 Å². The zero-order valence-corrected chi connectivity index (χ0v) is 11.7. The molecular weight excluding hydrogens is 242 g/mol. The van der Waals surface area contributed by atoms with Crippen molar-refractivity contribution in [3.63, 3.8) is 0 Å². The number of hydrogen-bond acceptors (Lipinski definition) is 6. The van der Waals surface area contributed by atoms with Crippen molar-refractivity contribution < 1.29 is 0 Å². The van der Waals surface area contributed by atoms with Crippen molar-refractivity contribution in [1.29, 1.82) is 0 Å². The number of nitrogens with one attached hydrogen (secondary N) is 2. The van der Waals surface area contributed by atoms with Crippen LogP contribution in [0, 0.1) is 20.8 Å². The van der Waals surface area contributed by atoms with Crippen LogP contribution in [-0.4, -0.2) is 19.7 Å². The van der Waals surface area contributed by atoms with Crippen LogP contribution < -0.4 is 16.6 Å². The molecule has 0 atom stereocenters. The Hall–Kier alpha value is -2.15. The first kappa shape index (κ1) is 13.3. The van der Waals surface area contributed by atoms with Crippen LogP contribution in [0.4, 0.5) is 11.6 Å². The highest BCUT2D eigenvalue weighted by molar-refractivity contribution is 5.56. The van der Waals surface area contributed by atoms with Gasteiger partial charge in [0.05, 0.1) is 5.69 Å². The molecule has 0 aliphatic rings. The quantitative estimate of drug-likeness (QED) is 0.562. The molecule has 0 bridgehead atoms. The van der Waals surface area contributed by atoms with E-state index in [0.717, 1.165) is 22.8 Å². The van der Waals surface area contributed by atoms with E-state index in [4.69, 9.17) is 5.84 Å². The lowest BCUT2D eigenvalue weighted by Gasteiger charge is -2.11. The normalized spacial score (nSPS) is 10.6. The van der Waals surface area contributed by atoms with E-state index < -0.39 is 0 Å². The van der Waals surface area contributed by atoms with E-state index >= 15 is 0 Å². The average molecular weight is 261 g/mol. The van der Waals surface area contributed by atoms with Gasteiger partial charge in [-0.1, -0.05) is 0 Å². The highest BCUT2D eigenvalue weighted by Gasteiger charge is 2.11. The molecule has 102 valence electrons. The van der Waals surface area contributed by atoms with Crippen molar-refractivity contribution in [2.45, 2.75) is 27.3 Å². The second-order valence-electron chi connectivity index (χ2n) is 4.47. The molecule has 0 saturated heterocycles. The minimum Gasteiger partial charge on any atom is -0.365 e. The summed E-state index contributed by atoms with van der Waals surface area (Å²) in [5.74, 6) is 6.79. The number of nitrogen functional groups attached to an aromatic ring is 1. The second-order valence-corrected chi connectivity index (χ2v) is 4.47. The zero-order valence-electron chi connectivity index (χ0n) is 11.7. The molecule has 2 heterocycles. The Balaban J connectivity index is 2.19. The molecule has 0 aliphatic heterocycles. The highest BCUT2D eigenvalue weighted by Crippen LogP contribution is 2.19. The van der Waals surface area contributed by atoms with Crippen LogP contribution in [0.5, 0.6) is 0 Å². The van der Waals surface area contributed by atoms with Gasteiger partial charge in [0.15, 0.2) is 0 Å². The third-order valence-electron chi connectivity index (χ3n) is 3.31. The SMILES string of the molecule is Cc1nn(C)c(C)c1CNc1ncnc(NN)c1C. The van der Waals surface area contributed by atoms with Crippen LogP contribution in [0.1, 0.15) is 22.5 Å². The summed E-state index contributed by atoms with van der Waals surface area (Å²) in [5, 5.41) is 7.69. The molecule has 0 spiro atoms. The number of hydrogen-bond donors (Lipinski definition) is 3. The summed E-state index contributed by atoms with van der Waals surface area (Å²) in [4.78, 5) is 8.27. The summed E-state index contributed by atoms with van der Waals surface area (Å²) in [6.07, 6.45) is 1.48. The molecule has 7 nitrogen and oxygen atoms in total. The summed E-state index contributed by atoms with van der Waals surface area (Å²) < 4.78 is 1.88. The molecule has 7 heteroatoms. The molecule has 0 fully saturated rings. The number of aryl methyl sites for hydroxylation is 2. The maximum absolute atomic E-state index is 5.40. The zero-order chi connectivity index (χ0) is 14.0. The predicted octanol–water partition coefficient (Wildman–Crippen LogP) is 1.03. The number of hydrazine groups is 1. The Bertz CT molecular complexity index is 588. The molecule has 0 amide bonds. The lowest BCUT2D eigenvalue weighted by atomic mass is 10.2. The number of aromatic nitrogens is 4. The van der Waals surface area contributed by atoms with Gasteiger partial charge in [0.25, 0.3) is 0 Å². The fourth-order valence-electron chi connectivity index (χ4n) is 2.02. The molecule has 2 rings (SSSR count). The van der Waals surface area contributed by atoms with Gasteiger partial charge in [0.1, 0.15) is 18.0 Å². The molecule has 2 aromatic heterocycles. The number of nitrogens with zero attached hydrogens (tertiary/aromatic N) is 4. The van der Waals surface area contributed by atoms with Crippen LogP contribution >= 0.6 is 0 Å². The predicted molar refractivity (Wildman–Crippen MR) is 74.6 cm³/mol. The maximum Gasteiger partial charge on any atom is 0.148 e. The summed E-state index contributed by atoms with van der Waals surface area (Å²) in [6, 6.07) is 0. The summed E-state index contributed by atoms with van der Waals surface area (Å²) in [7, 11) is 1.94.